The summed E-state index contributed by atoms with van der Waals surface area (Å²) in [5, 5.41) is 3.73. The molecule has 4 nitrogen and oxygen atoms in total. The summed E-state index contributed by atoms with van der Waals surface area (Å²) < 4.78 is 55.8. The van der Waals surface area contributed by atoms with Gasteiger partial charge in [-0.25, -0.2) is 9.07 Å². The fourth-order valence-corrected chi connectivity index (χ4v) is 3.94. The van der Waals surface area contributed by atoms with Crippen LogP contribution in [0.25, 0.3) is 5.69 Å². The first kappa shape index (κ1) is 18.0. The summed E-state index contributed by atoms with van der Waals surface area (Å²) in [6.45, 7) is 0.949. The molecule has 0 atom stereocenters. The molecule has 0 saturated carbocycles. The number of nitrogens with zero attached hydrogens (tertiary/aromatic N) is 3. The van der Waals surface area contributed by atoms with E-state index in [9.17, 15) is 22.4 Å². The monoisotopic (exact) mass is 381 g/mol. The molecule has 0 spiro atoms. The standard InChI is InChI=1S/C19H19F4N3O/c20-14-10-12(11-25-9-3-6-17(25)27)7-8-16(14)26-15-5-2-1-4-13(15)18(24-26)19(21,22)23/h7-8,10H,1-6,9,11H2. The first-order valence-corrected chi connectivity index (χ1v) is 9.09. The second kappa shape index (κ2) is 6.65. The molecule has 0 unspecified atom stereocenters. The maximum atomic E-state index is 14.7. The molecule has 1 aliphatic heterocycles. The van der Waals surface area contributed by atoms with Gasteiger partial charge in [-0.2, -0.15) is 18.3 Å². The minimum atomic E-state index is -4.56. The molecule has 2 aromatic rings. The Balaban J connectivity index is 1.69. The fourth-order valence-electron chi connectivity index (χ4n) is 3.94. The predicted octanol–water partition coefficient (Wildman–Crippen LogP) is 4.03. The van der Waals surface area contributed by atoms with Gasteiger partial charge in [0.1, 0.15) is 11.5 Å². The van der Waals surface area contributed by atoms with Gasteiger partial charge in [0, 0.05) is 30.8 Å². The van der Waals surface area contributed by atoms with Gasteiger partial charge in [0.05, 0.1) is 0 Å². The number of hydrogen-bond acceptors (Lipinski definition) is 2. The highest BCUT2D eigenvalue weighted by Gasteiger charge is 2.40. The van der Waals surface area contributed by atoms with Crippen molar-refractivity contribution in [3.63, 3.8) is 0 Å². The summed E-state index contributed by atoms with van der Waals surface area (Å²) in [7, 11) is 0. The van der Waals surface area contributed by atoms with Crippen LogP contribution in [0.2, 0.25) is 0 Å². The molecular formula is C19H19F4N3O. The highest BCUT2D eigenvalue weighted by molar-refractivity contribution is 5.78. The van der Waals surface area contributed by atoms with Gasteiger partial charge in [-0.15, -0.1) is 0 Å². The van der Waals surface area contributed by atoms with Crippen molar-refractivity contribution in [1.29, 1.82) is 0 Å². The first-order valence-electron chi connectivity index (χ1n) is 9.09. The second-order valence-electron chi connectivity index (χ2n) is 7.10. The molecule has 2 heterocycles. The van der Waals surface area contributed by atoms with Gasteiger partial charge in [0.25, 0.3) is 0 Å². The number of alkyl halides is 3. The number of likely N-dealkylation sites (tertiary alicyclic amines) is 1. The molecule has 1 aromatic carbocycles. The summed E-state index contributed by atoms with van der Waals surface area (Å²) in [6, 6.07) is 4.38. The minimum absolute atomic E-state index is 0.0140. The van der Waals surface area contributed by atoms with Gasteiger partial charge in [-0.05, 0) is 49.8 Å². The van der Waals surface area contributed by atoms with Crippen LogP contribution in [0.3, 0.4) is 0 Å². The van der Waals surface area contributed by atoms with E-state index in [2.05, 4.69) is 5.10 Å². The summed E-state index contributed by atoms with van der Waals surface area (Å²) in [6.07, 6.45) is -1.08. The molecule has 0 bridgehead atoms. The van der Waals surface area contributed by atoms with Crippen LogP contribution >= 0.6 is 0 Å². The molecule has 1 aromatic heterocycles. The Hall–Kier alpha value is -2.38. The molecule has 2 aliphatic rings. The average Bonchev–Trinajstić information content (AvgIpc) is 3.19. The Kier molecular flexibility index (Phi) is 4.44. The summed E-state index contributed by atoms with van der Waals surface area (Å²) in [4.78, 5) is 13.4. The number of hydrogen-bond donors (Lipinski definition) is 0. The number of benzene rings is 1. The molecule has 1 fully saturated rings. The van der Waals surface area contributed by atoms with Gasteiger partial charge in [-0.1, -0.05) is 6.07 Å². The molecule has 144 valence electrons. The van der Waals surface area contributed by atoms with Crippen molar-refractivity contribution >= 4 is 5.91 Å². The van der Waals surface area contributed by atoms with E-state index >= 15 is 0 Å². The molecule has 8 heteroatoms. The third kappa shape index (κ3) is 3.33. The topological polar surface area (TPSA) is 38.1 Å². The lowest BCUT2D eigenvalue weighted by molar-refractivity contribution is -0.142. The first-order chi connectivity index (χ1) is 12.8. The van der Waals surface area contributed by atoms with Crippen molar-refractivity contribution in [2.75, 3.05) is 6.54 Å². The third-order valence-electron chi connectivity index (χ3n) is 5.23. The van der Waals surface area contributed by atoms with E-state index in [0.29, 0.717) is 50.0 Å². The highest BCUT2D eigenvalue weighted by atomic mass is 19.4. The third-order valence-corrected chi connectivity index (χ3v) is 5.23. The van der Waals surface area contributed by atoms with Crippen molar-refractivity contribution in [1.82, 2.24) is 14.7 Å². The largest absolute Gasteiger partial charge is 0.435 e. The smallest absolute Gasteiger partial charge is 0.338 e. The highest BCUT2D eigenvalue weighted by Crippen LogP contribution is 2.37. The van der Waals surface area contributed by atoms with Crippen LogP contribution in [0.4, 0.5) is 17.6 Å². The van der Waals surface area contributed by atoms with Gasteiger partial charge in [-0.3, -0.25) is 4.79 Å². The van der Waals surface area contributed by atoms with E-state index in [1.807, 2.05) is 0 Å². The van der Waals surface area contributed by atoms with E-state index < -0.39 is 17.7 Å². The molecule has 1 saturated heterocycles. The molecule has 0 radical (unpaired) electrons. The Morgan fingerprint density at radius 3 is 2.52 bits per heavy atom. The lowest BCUT2D eigenvalue weighted by Crippen LogP contribution is -2.23. The van der Waals surface area contributed by atoms with E-state index in [-0.39, 0.29) is 17.2 Å². The van der Waals surface area contributed by atoms with E-state index in [1.165, 1.54) is 12.1 Å². The Bertz CT molecular complexity index is 888. The van der Waals surface area contributed by atoms with Crippen molar-refractivity contribution < 1.29 is 22.4 Å². The van der Waals surface area contributed by atoms with Crippen LogP contribution in [-0.4, -0.2) is 27.1 Å². The van der Waals surface area contributed by atoms with Crippen LogP contribution in [-0.2, 0) is 30.4 Å². The Morgan fingerprint density at radius 1 is 1.07 bits per heavy atom. The number of rotatable bonds is 3. The lowest BCUT2D eigenvalue weighted by atomic mass is 9.95. The number of carbonyl (C=O) groups excluding carboxylic acids is 1. The average molecular weight is 381 g/mol. The van der Waals surface area contributed by atoms with Crippen LogP contribution in [0.1, 0.15) is 48.2 Å². The lowest BCUT2D eigenvalue weighted by Gasteiger charge is -2.17. The Morgan fingerprint density at radius 2 is 1.85 bits per heavy atom. The number of aromatic nitrogens is 2. The number of fused-ring (bicyclic) bond motifs is 1. The second-order valence-corrected chi connectivity index (χ2v) is 7.10. The van der Waals surface area contributed by atoms with Gasteiger partial charge < -0.3 is 4.90 Å². The van der Waals surface area contributed by atoms with Crippen molar-refractivity contribution in [3.05, 3.63) is 46.5 Å². The zero-order valence-corrected chi connectivity index (χ0v) is 14.7. The quantitative estimate of drug-likeness (QED) is 0.753. The van der Waals surface area contributed by atoms with E-state index in [0.717, 1.165) is 17.5 Å². The molecule has 1 aliphatic carbocycles. The van der Waals surface area contributed by atoms with Crippen LogP contribution in [0, 0.1) is 5.82 Å². The van der Waals surface area contributed by atoms with Crippen molar-refractivity contribution in [2.45, 2.75) is 51.2 Å². The van der Waals surface area contributed by atoms with Crippen LogP contribution < -0.4 is 0 Å². The molecule has 0 N–H and O–H groups in total. The number of amides is 1. The van der Waals surface area contributed by atoms with Crippen LogP contribution in [0.15, 0.2) is 18.2 Å². The van der Waals surface area contributed by atoms with Crippen molar-refractivity contribution in [3.8, 4) is 5.69 Å². The van der Waals surface area contributed by atoms with Crippen LogP contribution in [0.5, 0.6) is 0 Å². The summed E-state index contributed by atoms with van der Waals surface area (Å²) in [5.74, 6) is -0.598. The summed E-state index contributed by atoms with van der Waals surface area (Å²) >= 11 is 0. The van der Waals surface area contributed by atoms with E-state index in [4.69, 9.17) is 0 Å². The van der Waals surface area contributed by atoms with Gasteiger partial charge in [0.15, 0.2) is 5.69 Å². The van der Waals surface area contributed by atoms with Crippen molar-refractivity contribution in [2.24, 2.45) is 0 Å². The summed E-state index contributed by atoms with van der Waals surface area (Å²) in [5.41, 5.74) is 0.335. The molecule has 1 amide bonds. The zero-order valence-electron chi connectivity index (χ0n) is 14.7. The van der Waals surface area contributed by atoms with Gasteiger partial charge in [0.2, 0.25) is 5.91 Å². The SMILES string of the molecule is O=C1CCCN1Cc1ccc(-n2nc(C(F)(F)F)c3c2CCCC3)c(F)c1. The normalized spacial score (nSPS) is 17.5. The number of carbonyl (C=O) groups is 1. The minimum Gasteiger partial charge on any atom is -0.338 e. The Labute approximate surface area is 153 Å². The number of halogens is 4. The molecule has 4 rings (SSSR count). The molecular weight excluding hydrogens is 362 g/mol. The molecule has 27 heavy (non-hydrogen) atoms. The predicted molar refractivity (Wildman–Crippen MR) is 89.8 cm³/mol. The van der Waals surface area contributed by atoms with Gasteiger partial charge >= 0.3 is 6.18 Å². The fraction of sp³-hybridized carbons (Fsp3) is 0.474. The maximum absolute atomic E-state index is 14.7. The van der Waals surface area contributed by atoms with E-state index in [1.54, 1.807) is 11.0 Å². The zero-order chi connectivity index (χ0) is 19.2. The maximum Gasteiger partial charge on any atom is 0.435 e.